The molecule has 3 unspecified atom stereocenters. The molecule has 2 bridgehead atoms. The van der Waals surface area contributed by atoms with Crippen LogP contribution >= 0.6 is 7.92 Å². The predicted octanol–water partition coefficient (Wildman–Crippen LogP) is 4.53. The van der Waals surface area contributed by atoms with Gasteiger partial charge in [0.2, 0.25) is 11.6 Å². The summed E-state index contributed by atoms with van der Waals surface area (Å²) in [7, 11) is -2.33. The minimum atomic E-state index is -2.33. The summed E-state index contributed by atoms with van der Waals surface area (Å²) in [6, 6.07) is 12.8. The fourth-order valence-corrected chi connectivity index (χ4v) is 7.86. The zero-order valence-electron chi connectivity index (χ0n) is 18.7. The first-order valence-electron chi connectivity index (χ1n) is 10.8. The molecular weight excluding hydrogens is 441 g/mol. The van der Waals surface area contributed by atoms with Crippen LogP contribution in [-0.4, -0.2) is 29.2 Å². The van der Waals surface area contributed by atoms with Gasteiger partial charge in [0.1, 0.15) is 16.9 Å². The lowest BCUT2D eigenvalue weighted by molar-refractivity contribution is -0.145. The fraction of sp³-hybridized carbons (Fsp3) is 0.360. The maximum atomic E-state index is 14.3. The van der Waals surface area contributed by atoms with Crippen LogP contribution in [0.15, 0.2) is 53.7 Å². The fourth-order valence-electron chi connectivity index (χ4n) is 5.33. The number of benzene rings is 2. The van der Waals surface area contributed by atoms with E-state index in [-0.39, 0.29) is 17.7 Å². The van der Waals surface area contributed by atoms with Crippen LogP contribution in [0, 0.1) is 21.7 Å². The van der Waals surface area contributed by atoms with E-state index in [2.05, 4.69) is 5.18 Å². The van der Waals surface area contributed by atoms with Gasteiger partial charge in [0.05, 0.1) is 20.1 Å². The number of nitroso groups, excluding NO2 is 1. The van der Waals surface area contributed by atoms with Gasteiger partial charge in [-0.05, 0) is 54.6 Å². The van der Waals surface area contributed by atoms with E-state index in [1.807, 2.05) is 0 Å². The summed E-state index contributed by atoms with van der Waals surface area (Å²) >= 11 is 0. The lowest BCUT2D eigenvalue weighted by Crippen LogP contribution is -2.45. The molecule has 0 aromatic heterocycles. The van der Waals surface area contributed by atoms with Crippen molar-refractivity contribution < 1.29 is 23.9 Å². The second-order valence-corrected chi connectivity index (χ2v) is 10.8. The monoisotopic (exact) mass is 465 g/mol. The van der Waals surface area contributed by atoms with Crippen LogP contribution in [0.4, 0.5) is 5.69 Å². The number of hydrogen-bond acceptors (Lipinski definition) is 7. The number of hydrogen-bond donors (Lipinski definition) is 0. The van der Waals surface area contributed by atoms with Crippen LogP contribution in [0.1, 0.15) is 44.0 Å². The summed E-state index contributed by atoms with van der Waals surface area (Å²) in [5.74, 6) is -1.41. The minimum absolute atomic E-state index is 0.0128. The third-order valence-electron chi connectivity index (χ3n) is 7.12. The van der Waals surface area contributed by atoms with Gasteiger partial charge in [-0.1, -0.05) is 38.1 Å². The Bertz CT molecular complexity index is 1190. The lowest BCUT2D eigenvalue weighted by atomic mass is 9.70. The van der Waals surface area contributed by atoms with Gasteiger partial charge in [-0.2, -0.15) is 0 Å². The first-order valence-corrected chi connectivity index (χ1v) is 12.2. The smallest absolute Gasteiger partial charge is 0.213 e. The molecule has 4 rings (SSSR count). The maximum Gasteiger partial charge on any atom is 0.213 e. The molecule has 0 N–H and O–H groups in total. The van der Waals surface area contributed by atoms with Crippen molar-refractivity contribution in [2.45, 2.75) is 33.6 Å². The average Bonchev–Trinajstić information content (AvgIpc) is 3.16. The summed E-state index contributed by atoms with van der Waals surface area (Å²) in [6.07, 6.45) is 0.658. The SMILES string of the molecule is CCOc1ccccc1P(C(=O)c1ccccc1N=O)C(=O)C12CCC(C(=O)C1=O)C2(C)C. The van der Waals surface area contributed by atoms with Crippen molar-refractivity contribution in [1.82, 2.24) is 0 Å². The number of rotatable bonds is 8. The first-order chi connectivity index (χ1) is 15.7. The van der Waals surface area contributed by atoms with Crippen LogP contribution in [0.2, 0.25) is 0 Å². The Labute approximate surface area is 192 Å². The van der Waals surface area contributed by atoms with Gasteiger partial charge in [0.25, 0.3) is 0 Å². The number of carbonyl (C=O) groups excluding carboxylic acids is 4. The Morgan fingerprint density at radius 3 is 2.39 bits per heavy atom. The number of carbonyl (C=O) groups is 4. The van der Waals surface area contributed by atoms with Gasteiger partial charge >= 0.3 is 0 Å². The molecule has 0 spiro atoms. The van der Waals surface area contributed by atoms with Gasteiger partial charge in [0.15, 0.2) is 11.0 Å². The third kappa shape index (κ3) is 3.21. The highest BCUT2D eigenvalue weighted by molar-refractivity contribution is 7.95. The molecule has 33 heavy (non-hydrogen) atoms. The van der Waals surface area contributed by atoms with E-state index in [1.165, 1.54) is 12.1 Å². The molecule has 2 aromatic rings. The second kappa shape index (κ2) is 8.38. The average molecular weight is 465 g/mol. The van der Waals surface area contributed by atoms with Crippen molar-refractivity contribution in [3.8, 4) is 5.75 Å². The lowest BCUT2D eigenvalue weighted by Gasteiger charge is -2.36. The molecule has 2 saturated carbocycles. The largest absolute Gasteiger partial charge is 0.493 e. The molecule has 2 aliphatic carbocycles. The van der Waals surface area contributed by atoms with E-state index >= 15 is 0 Å². The van der Waals surface area contributed by atoms with Gasteiger partial charge in [0, 0.05) is 11.2 Å². The Morgan fingerprint density at radius 2 is 1.76 bits per heavy atom. The Hall–Kier alpha value is -3.05. The molecule has 2 aromatic carbocycles. The van der Waals surface area contributed by atoms with Crippen molar-refractivity contribution >= 4 is 41.5 Å². The molecular formula is C25H24NO6P. The quantitative estimate of drug-likeness (QED) is 0.245. The standard InChI is InChI=1S/C25H24NO6P/c1-4-32-18-11-7-8-12-19(18)33(22(29)15-9-5-6-10-17(15)26-31)23(30)25-14-13-16(24(25,2)3)20(27)21(25)28/h5-12,16H,4,13-14H2,1-3H3. The highest BCUT2D eigenvalue weighted by Crippen LogP contribution is 2.67. The highest BCUT2D eigenvalue weighted by Gasteiger charge is 2.73. The van der Waals surface area contributed by atoms with E-state index in [0.717, 1.165) is 0 Å². The topological polar surface area (TPSA) is 107 Å². The number of para-hydroxylation sites is 1. The number of fused-ring (bicyclic) bond motifs is 2. The molecule has 8 heteroatoms. The van der Waals surface area contributed by atoms with Crippen LogP contribution in [-0.2, 0) is 14.4 Å². The second-order valence-electron chi connectivity index (χ2n) is 8.87. The van der Waals surface area contributed by atoms with Gasteiger partial charge in [-0.15, -0.1) is 4.91 Å². The summed E-state index contributed by atoms with van der Waals surface area (Å²) in [4.78, 5) is 65.6. The summed E-state index contributed by atoms with van der Waals surface area (Å²) in [6.45, 7) is 5.62. The Kier molecular flexibility index (Phi) is 5.87. The molecule has 0 aliphatic heterocycles. The third-order valence-corrected chi connectivity index (χ3v) is 9.40. The van der Waals surface area contributed by atoms with Gasteiger partial charge in [-0.25, -0.2) is 0 Å². The summed E-state index contributed by atoms with van der Waals surface area (Å²) in [5, 5.41) is 3.33. The Morgan fingerprint density at radius 1 is 1.09 bits per heavy atom. The van der Waals surface area contributed by atoms with E-state index in [0.29, 0.717) is 24.1 Å². The van der Waals surface area contributed by atoms with Crippen LogP contribution in [0.25, 0.3) is 0 Å². The Balaban J connectivity index is 1.94. The summed E-state index contributed by atoms with van der Waals surface area (Å²) in [5.41, 5.74) is -3.68. The van der Waals surface area contributed by atoms with Crippen molar-refractivity contribution in [3.05, 3.63) is 59.0 Å². The molecule has 2 aliphatic rings. The predicted molar refractivity (Wildman–Crippen MR) is 124 cm³/mol. The molecule has 7 nitrogen and oxygen atoms in total. The van der Waals surface area contributed by atoms with Crippen LogP contribution in [0.3, 0.4) is 0 Å². The maximum absolute atomic E-state index is 14.3. The number of Topliss-reactive ketones (excluding diaryl/α,β-unsaturated/α-hetero) is 2. The van der Waals surface area contributed by atoms with Crippen LogP contribution in [0.5, 0.6) is 5.75 Å². The van der Waals surface area contributed by atoms with Crippen molar-refractivity contribution in [3.63, 3.8) is 0 Å². The molecule has 170 valence electrons. The summed E-state index contributed by atoms with van der Waals surface area (Å²) < 4.78 is 5.73. The molecule has 0 amide bonds. The van der Waals surface area contributed by atoms with E-state index in [4.69, 9.17) is 4.74 Å². The van der Waals surface area contributed by atoms with Crippen molar-refractivity contribution in [2.75, 3.05) is 6.61 Å². The van der Waals surface area contributed by atoms with Crippen molar-refractivity contribution in [1.29, 1.82) is 0 Å². The highest BCUT2D eigenvalue weighted by atomic mass is 31.1. The number of ether oxygens (including phenoxy) is 1. The van der Waals surface area contributed by atoms with E-state index in [1.54, 1.807) is 57.2 Å². The van der Waals surface area contributed by atoms with Gasteiger partial charge < -0.3 is 4.74 Å². The zero-order valence-corrected chi connectivity index (χ0v) is 19.6. The molecule has 3 atom stereocenters. The van der Waals surface area contributed by atoms with E-state index in [9.17, 15) is 24.1 Å². The van der Waals surface area contributed by atoms with Crippen molar-refractivity contribution in [2.24, 2.45) is 21.9 Å². The molecule has 0 radical (unpaired) electrons. The zero-order chi connectivity index (χ0) is 24.0. The van der Waals surface area contributed by atoms with E-state index < -0.39 is 47.3 Å². The van der Waals surface area contributed by atoms with Crippen LogP contribution < -0.4 is 10.0 Å². The first kappa shape index (κ1) is 23.1. The molecule has 0 heterocycles. The normalized spacial score (nSPS) is 23.9. The number of nitrogens with zero attached hydrogens (tertiary/aromatic N) is 1. The molecule has 0 saturated heterocycles. The van der Waals surface area contributed by atoms with Gasteiger partial charge in [-0.3, -0.25) is 19.2 Å². The minimum Gasteiger partial charge on any atom is -0.493 e. The molecule has 2 fully saturated rings. The number of ketones is 2.